The number of hydrogen-bond donors (Lipinski definition) is 0. The number of aromatic nitrogens is 3. The van der Waals surface area contributed by atoms with Crippen molar-refractivity contribution in [3.05, 3.63) is 87.1 Å². The Balaban J connectivity index is 1.32. The number of hydrogen-bond acceptors (Lipinski definition) is 3. The Morgan fingerprint density at radius 2 is 1.87 bits per heavy atom. The summed E-state index contributed by atoms with van der Waals surface area (Å²) in [6.45, 7) is 6.84. The van der Waals surface area contributed by atoms with Crippen molar-refractivity contribution in [3.8, 4) is 0 Å². The highest BCUT2D eigenvalue weighted by Crippen LogP contribution is 2.35. The molecular formula is C24H26N4O2. The number of aryl methyl sites for hydroxylation is 2. The van der Waals surface area contributed by atoms with Gasteiger partial charge in [-0.05, 0) is 56.0 Å². The molecule has 0 radical (unpaired) electrons. The molecule has 30 heavy (non-hydrogen) atoms. The highest BCUT2D eigenvalue weighted by Gasteiger charge is 2.36. The van der Waals surface area contributed by atoms with E-state index in [1.807, 2.05) is 57.5 Å². The Morgan fingerprint density at radius 1 is 1.07 bits per heavy atom. The van der Waals surface area contributed by atoms with Gasteiger partial charge in [0.1, 0.15) is 0 Å². The van der Waals surface area contributed by atoms with E-state index in [1.54, 1.807) is 6.07 Å². The van der Waals surface area contributed by atoms with Crippen LogP contribution in [-0.2, 0) is 13.1 Å². The molecule has 1 amide bonds. The van der Waals surface area contributed by atoms with Crippen LogP contribution in [0.5, 0.6) is 0 Å². The smallest absolute Gasteiger partial charge is 0.253 e. The third-order valence-electron chi connectivity index (χ3n) is 6.40. The van der Waals surface area contributed by atoms with Crippen LogP contribution in [-0.4, -0.2) is 38.2 Å². The lowest BCUT2D eigenvalue weighted by atomic mass is 9.83. The number of benzene rings is 1. The zero-order valence-electron chi connectivity index (χ0n) is 17.4. The van der Waals surface area contributed by atoms with Gasteiger partial charge in [-0.1, -0.05) is 18.2 Å². The summed E-state index contributed by atoms with van der Waals surface area (Å²) in [5.74, 6) is 0.653. The monoisotopic (exact) mass is 402 g/mol. The normalized spacial score (nSPS) is 20.1. The van der Waals surface area contributed by atoms with Crippen molar-refractivity contribution in [2.24, 2.45) is 5.92 Å². The van der Waals surface area contributed by atoms with Crippen molar-refractivity contribution >= 4 is 5.91 Å². The molecule has 1 fully saturated rings. The second kappa shape index (κ2) is 7.27. The van der Waals surface area contributed by atoms with Gasteiger partial charge in [0.25, 0.3) is 11.5 Å². The predicted octanol–water partition coefficient (Wildman–Crippen LogP) is 2.97. The number of amides is 1. The Kier molecular flexibility index (Phi) is 4.57. The number of piperidine rings is 1. The van der Waals surface area contributed by atoms with Gasteiger partial charge in [-0.15, -0.1) is 0 Å². The maximum absolute atomic E-state index is 13.2. The van der Waals surface area contributed by atoms with Crippen LogP contribution in [0.25, 0.3) is 0 Å². The fourth-order valence-corrected chi connectivity index (χ4v) is 5.01. The van der Waals surface area contributed by atoms with Crippen LogP contribution in [0.1, 0.15) is 45.3 Å². The maximum atomic E-state index is 13.2. The third kappa shape index (κ3) is 3.36. The molecule has 3 aromatic rings. The summed E-state index contributed by atoms with van der Waals surface area (Å²) in [5, 5.41) is 4.51. The Labute approximate surface area is 175 Å². The van der Waals surface area contributed by atoms with E-state index in [4.69, 9.17) is 0 Å². The van der Waals surface area contributed by atoms with E-state index >= 15 is 0 Å². The van der Waals surface area contributed by atoms with E-state index < -0.39 is 0 Å². The second-order valence-electron chi connectivity index (χ2n) is 8.69. The Bertz CT molecular complexity index is 1160. The molecule has 6 nitrogen and oxygen atoms in total. The van der Waals surface area contributed by atoms with E-state index in [0.29, 0.717) is 32.1 Å². The van der Waals surface area contributed by atoms with Crippen molar-refractivity contribution in [1.29, 1.82) is 0 Å². The largest absolute Gasteiger partial charge is 0.338 e. The SMILES string of the molecule is Cc1cc(C)n(Cc2ccc(C(=O)N3CC4CC(C3)c3cccc(=O)n3C4)cc2)n1. The minimum Gasteiger partial charge on any atom is -0.338 e. The molecular weight excluding hydrogens is 376 g/mol. The highest BCUT2D eigenvalue weighted by molar-refractivity contribution is 5.94. The lowest BCUT2D eigenvalue weighted by Gasteiger charge is -2.42. The van der Waals surface area contributed by atoms with Crippen LogP contribution in [0.15, 0.2) is 53.3 Å². The number of carbonyl (C=O) groups excluding carboxylic acids is 1. The molecule has 154 valence electrons. The summed E-state index contributed by atoms with van der Waals surface area (Å²) < 4.78 is 3.88. The van der Waals surface area contributed by atoms with E-state index in [0.717, 1.165) is 34.6 Å². The van der Waals surface area contributed by atoms with Gasteiger partial charge in [0.05, 0.1) is 12.2 Å². The molecule has 5 rings (SSSR count). The molecule has 2 bridgehead atoms. The number of pyridine rings is 1. The fraction of sp³-hybridized carbons (Fsp3) is 0.375. The van der Waals surface area contributed by atoms with Crippen LogP contribution in [0, 0.1) is 19.8 Å². The van der Waals surface area contributed by atoms with Crippen LogP contribution in [0.4, 0.5) is 0 Å². The second-order valence-corrected chi connectivity index (χ2v) is 8.69. The Morgan fingerprint density at radius 3 is 2.60 bits per heavy atom. The molecule has 0 N–H and O–H groups in total. The summed E-state index contributed by atoms with van der Waals surface area (Å²) in [4.78, 5) is 27.3. The number of carbonyl (C=O) groups is 1. The zero-order chi connectivity index (χ0) is 20.8. The maximum Gasteiger partial charge on any atom is 0.253 e. The minimum atomic E-state index is 0.0696. The standard InChI is InChI=1S/C24H26N4O2/c1-16-10-17(2)28(25-16)14-18-6-8-20(9-7-18)24(30)26-12-19-11-21(15-26)22-4-3-5-23(29)27(22)13-19/h3-10,19,21H,11-15H2,1-2H3. The van der Waals surface area contributed by atoms with E-state index in [2.05, 4.69) is 18.1 Å². The number of nitrogens with zero attached hydrogens (tertiary/aromatic N) is 4. The van der Waals surface area contributed by atoms with Gasteiger partial charge in [-0.3, -0.25) is 14.3 Å². The molecule has 1 aromatic carbocycles. The van der Waals surface area contributed by atoms with Crippen molar-refractivity contribution in [2.45, 2.75) is 39.3 Å². The molecule has 2 aliphatic heterocycles. The minimum absolute atomic E-state index is 0.0696. The summed E-state index contributed by atoms with van der Waals surface area (Å²) in [7, 11) is 0. The zero-order valence-corrected chi connectivity index (χ0v) is 17.4. The lowest BCUT2D eigenvalue weighted by molar-refractivity contribution is 0.0594. The molecule has 2 aromatic heterocycles. The van der Waals surface area contributed by atoms with Crippen LogP contribution in [0.2, 0.25) is 0 Å². The van der Waals surface area contributed by atoms with E-state index in [-0.39, 0.29) is 17.4 Å². The van der Waals surface area contributed by atoms with Gasteiger partial charge in [0.2, 0.25) is 0 Å². The first kappa shape index (κ1) is 18.9. The number of rotatable bonds is 3. The van der Waals surface area contributed by atoms with Gasteiger partial charge >= 0.3 is 0 Å². The Hall–Kier alpha value is -3.15. The van der Waals surface area contributed by atoms with Gasteiger partial charge < -0.3 is 9.47 Å². The van der Waals surface area contributed by atoms with E-state index in [1.165, 1.54) is 0 Å². The van der Waals surface area contributed by atoms with Gasteiger partial charge in [-0.25, -0.2) is 0 Å². The number of likely N-dealkylation sites (tertiary alicyclic amines) is 1. The molecule has 2 atom stereocenters. The average molecular weight is 402 g/mol. The van der Waals surface area contributed by atoms with Crippen LogP contribution >= 0.6 is 0 Å². The highest BCUT2D eigenvalue weighted by atomic mass is 16.2. The van der Waals surface area contributed by atoms with Crippen LogP contribution < -0.4 is 5.56 Å². The molecule has 4 heterocycles. The van der Waals surface area contributed by atoms with Gasteiger partial charge in [0, 0.05) is 48.6 Å². The van der Waals surface area contributed by atoms with E-state index in [9.17, 15) is 9.59 Å². The molecule has 0 aliphatic carbocycles. The quantitative estimate of drug-likeness (QED) is 0.677. The van der Waals surface area contributed by atoms with Crippen LogP contribution in [0.3, 0.4) is 0 Å². The predicted molar refractivity (Wildman–Crippen MR) is 115 cm³/mol. The summed E-state index contributed by atoms with van der Waals surface area (Å²) in [6, 6.07) is 15.4. The summed E-state index contributed by atoms with van der Waals surface area (Å²) in [6.07, 6.45) is 1.05. The van der Waals surface area contributed by atoms with Crippen molar-refractivity contribution in [3.63, 3.8) is 0 Å². The first-order chi connectivity index (χ1) is 14.5. The van der Waals surface area contributed by atoms with Gasteiger partial charge in [-0.2, -0.15) is 5.10 Å². The molecule has 6 heteroatoms. The molecule has 1 saturated heterocycles. The first-order valence-corrected chi connectivity index (χ1v) is 10.6. The topological polar surface area (TPSA) is 60.1 Å². The molecule has 2 unspecified atom stereocenters. The molecule has 2 aliphatic rings. The van der Waals surface area contributed by atoms with Crippen molar-refractivity contribution in [1.82, 2.24) is 19.2 Å². The average Bonchev–Trinajstić information content (AvgIpc) is 3.05. The first-order valence-electron chi connectivity index (χ1n) is 10.6. The third-order valence-corrected chi connectivity index (χ3v) is 6.40. The van der Waals surface area contributed by atoms with Crippen molar-refractivity contribution < 1.29 is 4.79 Å². The van der Waals surface area contributed by atoms with Gasteiger partial charge in [0.15, 0.2) is 0 Å². The fourth-order valence-electron chi connectivity index (χ4n) is 5.01. The number of fused-ring (bicyclic) bond motifs is 4. The molecule has 0 saturated carbocycles. The van der Waals surface area contributed by atoms with Crippen molar-refractivity contribution in [2.75, 3.05) is 13.1 Å². The summed E-state index contributed by atoms with van der Waals surface area (Å²) >= 11 is 0. The summed E-state index contributed by atoms with van der Waals surface area (Å²) in [5.41, 5.74) is 5.13. The molecule has 0 spiro atoms. The lowest BCUT2D eigenvalue weighted by Crippen LogP contribution is -2.49.